The van der Waals surface area contributed by atoms with E-state index in [0.717, 1.165) is 82.2 Å². The van der Waals surface area contributed by atoms with Crippen LogP contribution in [-0.4, -0.2) is 70.3 Å². The van der Waals surface area contributed by atoms with Crippen LogP contribution in [0.2, 0.25) is 0 Å². The van der Waals surface area contributed by atoms with Crippen molar-refractivity contribution in [1.82, 2.24) is 24.3 Å². The number of hydrogen-bond donors (Lipinski definition) is 1. The highest BCUT2D eigenvalue weighted by Crippen LogP contribution is 2.37. The Hall–Kier alpha value is -4.56. The fourth-order valence-electron chi connectivity index (χ4n) is 5.96. The molecule has 0 spiro atoms. The van der Waals surface area contributed by atoms with Crippen molar-refractivity contribution in [2.75, 3.05) is 40.0 Å². The highest BCUT2D eigenvalue weighted by molar-refractivity contribution is 6.06. The van der Waals surface area contributed by atoms with E-state index in [1.807, 2.05) is 36.4 Å². The van der Waals surface area contributed by atoms with E-state index in [-0.39, 0.29) is 18.7 Å². The van der Waals surface area contributed by atoms with Gasteiger partial charge in [-0.1, -0.05) is 48.5 Å². The Kier molecular flexibility index (Phi) is 6.47. The second-order valence-electron chi connectivity index (χ2n) is 11.0. The van der Waals surface area contributed by atoms with Gasteiger partial charge in [-0.15, -0.1) is 0 Å². The van der Waals surface area contributed by atoms with Gasteiger partial charge in [0.2, 0.25) is 6.79 Å². The molecule has 1 N–H and O–H groups in total. The molecule has 0 bridgehead atoms. The Morgan fingerprint density at radius 2 is 1.76 bits per heavy atom. The third-order valence-corrected chi connectivity index (χ3v) is 8.25. The first-order valence-corrected chi connectivity index (χ1v) is 14.1. The number of carbonyl (C=O) groups excluding carboxylic acids is 1. The molecule has 7 rings (SSSR count). The summed E-state index contributed by atoms with van der Waals surface area (Å²) in [5, 5.41) is 2.28. The number of hydrogen-bond acceptors (Lipinski definition) is 5. The molecule has 2 aliphatic rings. The van der Waals surface area contributed by atoms with Gasteiger partial charge in [0.15, 0.2) is 11.5 Å². The maximum Gasteiger partial charge on any atom is 0.256 e. The monoisotopic (exact) mass is 547 g/mol. The van der Waals surface area contributed by atoms with E-state index >= 15 is 0 Å². The van der Waals surface area contributed by atoms with Gasteiger partial charge in [0.05, 0.1) is 23.5 Å². The highest BCUT2D eigenvalue weighted by Gasteiger charge is 2.28. The van der Waals surface area contributed by atoms with E-state index < -0.39 is 0 Å². The van der Waals surface area contributed by atoms with Gasteiger partial charge >= 0.3 is 0 Å². The maximum absolute atomic E-state index is 14.1. The minimum absolute atomic E-state index is 0.0717. The number of aromatic amines is 1. The van der Waals surface area contributed by atoms with Crippen molar-refractivity contribution in [3.8, 4) is 22.6 Å². The smallest absolute Gasteiger partial charge is 0.256 e. The Labute approximate surface area is 239 Å². The molecular formula is C33H33N5O3. The zero-order valence-electron chi connectivity index (χ0n) is 23.3. The molecule has 3 aromatic carbocycles. The van der Waals surface area contributed by atoms with Crippen molar-refractivity contribution in [3.63, 3.8) is 0 Å². The number of fused-ring (bicyclic) bond motifs is 2. The zero-order valence-corrected chi connectivity index (χ0v) is 23.3. The summed E-state index contributed by atoms with van der Waals surface area (Å²) in [7, 11) is 2.10. The lowest BCUT2D eigenvalue weighted by Crippen LogP contribution is -2.47. The average molecular weight is 548 g/mol. The second kappa shape index (κ2) is 10.4. The fraction of sp³-hybridized carbons (Fsp3) is 0.273. The summed E-state index contributed by atoms with van der Waals surface area (Å²) < 4.78 is 13.4. The molecule has 5 aromatic rings. The van der Waals surface area contributed by atoms with Gasteiger partial charge in [0, 0.05) is 44.1 Å². The van der Waals surface area contributed by atoms with Gasteiger partial charge in [0.25, 0.3) is 5.91 Å². The number of likely N-dealkylation sites (N-methyl/N-ethyl adjacent to an activating group) is 1. The van der Waals surface area contributed by atoms with E-state index in [9.17, 15) is 4.79 Å². The van der Waals surface area contributed by atoms with Crippen LogP contribution in [0.5, 0.6) is 11.5 Å². The van der Waals surface area contributed by atoms with Gasteiger partial charge in [-0.3, -0.25) is 4.79 Å². The molecule has 1 amide bonds. The number of amides is 1. The van der Waals surface area contributed by atoms with Crippen LogP contribution in [0.1, 0.15) is 33.5 Å². The van der Waals surface area contributed by atoms with Gasteiger partial charge in [-0.2, -0.15) is 0 Å². The Balaban J connectivity index is 1.35. The van der Waals surface area contributed by atoms with Crippen LogP contribution in [0.4, 0.5) is 0 Å². The lowest BCUT2D eigenvalue weighted by atomic mass is 9.97. The Morgan fingerprint density at radius 3 is 2.59 bits per heavy atom. The highest BCUT2D eigenvalue weighted by atomic mass is 16.7. The van der Waals surface area contributed by atoms with Crippen molar-refractivity contribution < 1.29 is 14.3 Å². The number of piperazine rings is 1. The van der Waals surface area contributed by atoms with Gasteiger partial charge in [-0.25, -0.2) is 4.98 Å². The molecule has 1 saturated heterocycles. The molecule has 1 fully saturated rings. The summed E-state index contributed by atoms with van der Waals surface area (Å²) in [6.45, 7) is 5.38. The quantitative estimate of drug-likeness (QED) is 0.313. The third kappa shape index (κ3) is 4.85. The number of imidazole rings is 1. The lowest BCUT2D eigenvalue weighted by Gasteiger charge is -2.32. The molecule has 0 radical (unpaired) electrons. The van der Waals surface area contributed by atoms with E-state index in [1.54, 1.807) is 0 Å². The number of carbonyl (C=O) groups is 1. The molecule has 1 unspecified atom stereocenters. The summed E-state index contributed by atoms with van der Waals surface area (Å²) >= 11 is 0. The fourth-order valence-corrected chi connectivity index (χ4v) is 5.96. The molecule has 41 heavy (non-hydrogen) atoms. The summed E-state index contributed by atoms with van der Waals surface area (Å²) in [5.74, 6) is 2.45. The molecule has 2 aromatic heterocycles. The van der Waals surface area contributed by atoms with Crippen molar-refractivity contribution in [3.05, 3.63) is 102 Å². The van der Waals surface area contributed by atoms with Crippen LogP contribution < -0.4 is 9.47 Å². The maximum atomic E-state index is 14.1. The first-order chi connectivity index (χ1) is 20.0. The van der Waals surface area contributed by atoms with Crippen LogP contribution in [0.15, 0.2) is 79.3 Å². The van der Waals surface area contributed by atoms with E-state index in [4.69, 9.17) is 9.47 Å². The standard InChI is InChI=1S/C33H33N5O3/c1-22-34-18-29(35-22)30(16-23-10-11-31-32(17-23)41-21-40-31)38-19-27(26-9-5-7-24-6-3-4-8-25(24)26)28(20-38)33(39)37-14-12-36(2)13-15-37/h3-11,17-20,30H,12-16,21H2,1-2H3,(H,34,35). The zero-order chi connectivity index (χ0) is 27.9. The van der Waals surface area contributed by atoms with E-state index in [1.165, 1.54) is 0 Å². The first kappa shape index (κ1) is 25.4. The van der Waals surface area contributed by atoms with Crippen LogP contribution >= 0.6 is 0 Å². The van der Waals surface area contributed by atoms with Crippen LogP contribution in [0.3, 0.4) is 0 Å². The summed E-state index contributed by atoms with van der Waals surface area (Å²) in [6.07, 6.45) is 6.75. The van der Waals surface area contributed by atoms with Crippen molar-refractivity contribution in [1.29, 1.82) is 0 Å². The predicted molar refractivity (Wildman–Crippen MR) is 159 cm³/mol. The number of aryl methyl sites for hydroxylation is 1. The number of nitrogens with one attached hydrogen (secondary N) is 1. The van der Waals surface area contributed by atoms with Crippen molar-refractivity contribution in [2.24, 2.45) is 0 Å². The average Bonchev–Trinajstić information content (AvgIpc) is 3.75. The van der Waals surface area contributed by atoms with Crippen LogP contribution in [-0.2, 0) is 6.42 Å². The SMILES string of the molecule is Cc1ncc(C(Cc2ccc3c(c2)OCO3)n2cc(C(=O)N3CCN(C)CC3)c(-c3cccc4ccccc34)c2)[nH]1. The minimum atomic E-state index is -0.112. The number of nitrogens with zero attached hydrogens (tertiary/aromatic N) is 4. The van der Waals surface area contributed by atoms with Gasteiger partial charge in [0.1, 0.15) is 5.82 Å². The number of rotatable bonds is 6. The number of benzene rings is 3. The molecule has 208 valence electrons. The van der Waals surface area contributed by atoms with E-state index in [0.29, 0.717) is 6.42 Å². The van der Waals surface area contributed by atoms with Crippen LogP contribution in [0.25, 0.3) is 21.9 Å². The lowest BCUT2D eigenvalue weighted by molar-refractivity contribution is 0.0664. The predicted octanol–water partition coefficient (Wildman–Crippen LogP) is 5.29. The first-order valence-electron chi connectivity index (χ1n) is 14.1. The second-order valence-corrected chi connectivity index (χ2v) is 11.0. The molecule has 1 atom stereocenters. The molecule has 0 saturated carbocycles. The molecule has 8 heteroatoms. The Morgan fingerprint density at radius 1 is 0.951 bits per heavy atom. The number of aromatic nitrogens is 3. The van der Waals surface area contributed by atoms with Crippen molar-refractivity contribution in [2.45, 2.75) is 19.4 Å². The van der Waals surface area contributed by atoms with Crippen molar-refractivity contribution >= 4 is 16.7 Å². The van der Waals surface area contributed by atoms with Gasteiger partial charge in [-0.05, 0) is 54.4 Å². The summed E-state index contributed by atoms with van der Waals surface area (Å²) in [4.78, 5) is 26.4. The normalized spacial score (nSPS) is 15.9. The van der Waals surface area contributed by atoms with Crippen LogP contribution in [0, 0.1) is 6.92 Å². The topological polar surface area (TPSA) is 75.6 Å². The number of H-pyrrole nitrogens is 1. The summed E-state index contributed by atoms with van der Waals surface area (Å²) in [5.41, 5.74) is 4.81. The molecule has 8 nitrogen and oxygen atoms in total. The summed E-state index contributed by atoms with van der Waals surface area (Å²) in [6, 6.07) is 20.6. The molecule has 4 heterocycles. The van der Waals surface area contributed by atoms with Gasteiger partial charge < -0.3 is 28.8 Å². The minimum Gasteiger partial charge on any atom is -0.454 e. The molecule has 0 aliphatic carbocycles. The van der Waals surface area contributed by atoms with E-state index in [2.05, 4.69) is 81.2 Å². The largest absolute Gasteiger partial charge is 0.454 e. The molecular weight excluding hydrogens is 514 g/mol. The number of ether oxygens (including phenoxy) is 2. The third-order valence-electron chi connectivity index (χ3n) is 8.25. The Bertz CT molecular complexity index is 1720. The molecule has 2 aliphatic heterocycles.